The van der Waals surface area contributed by atoms with Gasteiger partial charge in [-0.3, -0.25) is 0 Å². The molecule has 0 aromatic heterocycles. The number of rotatable bonds is 3. The molecule has 0 saturated carbocycles. The number of halogens is 1. The molecule has 0 aliphatic rings. The molecule has 0 radical (unpaired) electrons. The molecule has 16 heavy (non-hydrogen) atoms. The molecular weight excluding hydrogens is 209 g/mol. The molecule has 2 N–H and O–H groups in total. The molecule has 3 nitrogen and oxygen atoms in total. The molecular formula is C12H16FNO2. The summed E-state index contributed by atoms with van der Waals surface area (Å²) < 4.78 is 12.9. The SMILES string of the molecule is CC(C)(C)CNc1ccc(F)cc1C(=O)O. The summed E-state index contributed by atoms with van der Waals surface area (Å²) >= 11 is 0. The van der Waals surface area contributed by atoms with Crippen molar-refractivity contribution >= 4 is 11.7 Å². The smallest absolute Gasteiger partial charge is 0.337 e. The number of hydrogen-bond donors (Lipinski definition) is 2. The van der Waals surface area contributed by atoms with E-state index in [2.05, 4.69) is 5.32 Å². The van der Waals surface area contributed by atoms with E-state index < -0.39 is 11.8 Å². The van der Waals surface area contributed by atoms with Crippen molar-refractivity contribution in [2.45, 2.75) is 20.8 Å². The number of benzene rings is 1. The van der Waals surface area contributed by atoms with E-state index in [9.17, 15) is 9.18 Å². The lowest BCUT2D eigenvalue weighted by Crippen LogP contribution is -2.20. The maximum atomic E-state index is 12.9. The number of carboxylic acid groups (broad SMARTS) is 1. The average Bonchev–Trinajstić information content (AvgIpc) is 2.14. The third-order valence-corrected chi connectivity index (χ3v) is 2.02. The van der Waals surface area contributed by atoms with Gasteiger partial charge in [-0.15, -0.1) is 0 Å². The van der Waals surface area contributed by atoms with Gasteiger partial charge in [0.25, 0.3) is 0 Å². The molecule has 1 aromatic rings. The number of carbonyl (C=O) groups is 1. The first-order chi connectivity index (χ1) is 7.29. The van der Waals surface area contributed by atoms with Gasteiger partial charge in [0.15, 0.2) is 0 Å². The van der Waals surface area contributed by atoms with Gasteiger partial charge >= 0.3 is 5.97 Å². The van der Waals surface area contributed by atoms with Crippen molar-refractivity contribution in [1.82, 2.24) is 0 Å². The van der Waals surface area contributed by atoms with E-state index in [1.54, 1.807) is 0 Å². The molecule has 0 amide bonds. The van der Waals surface area contributed by atoms with Crippen molar-refractivity contribution in [3.05, 3.63) is 29.6 Å². The van der Waals surface area contributed by atoms with E-state index in [1.807, 2.05) is 20.8 Å². The van der Waals surface area contributed by atoms with Gasteiger partial charge < -0.3 is 10.4 Å². The molecule has 0 unspecified atom stereocenters. The normalized spacial score (nSPS) is 11.2. The quantitative estimate of drug-likeness (QED) is 0.831. The lowest BCUT2D eigenvalue weighted by Gasteiger charge is -2.20. The summed E-state index contributed by atoms with van der Waals surface area (Å²) in [5.41, 5.74) is 0.442. The van der Waals surface area contributed by atoms with Crippen LogP contribution in [0.5, 0.6) is 0 Å². The van der Waals surface area contributed by atoms with E-state index >= 15 is 0 Å². The minimum Gasteiger partial charge on any atom is -0.478 e. The van der Waals surface area contributed by atoms with Crippen molar-refractivity contribution in [3.63, 3.8) is 0 Å². The predicted octanol–water partition coefficient (Wildman–Crippen LogP) is 2.98. The zero-order valence-electron chi connectivity index (χ0n) is 9.67. The fourth-order valence-electron chi connectivity index (χ4n) is 1.21. The molecule has 0 fully saturated rings. The second-order valence-corrected chi connectivity index (χ2v) is 4.91. The van der Waals surface area contributed by atoms with Gasteiger partial charge in [0.2, 0.25) is 0 Å². The molecule has 0 bridgehead atoms. The predicted molar refractivity (Wildman–Crippen MR) is 61.3 cm³/mol. The summed E-state index contributed by atoms with van der Waals surface area (Å²) in [7, 11) is 0. The van der Waals surface area contributed by atoms with Crippen LogP contribution in [0.1, 0.15) is 31.1 Å². The van der Waals surface area contributed by atoms with Crippen LogP contribution >= 0.6 is 0 Å². The zero-order valence-corrected chi connectivity index (χ0v) is 9.67. The van der Waals surface area contributed by atoms with Crippen LogP contribution in [0.2, 0.25) is 0 Å². The van der Waals surface area contributed by atoms with E-state index in [4.69, 9.17) is 5.11 Å². The lowest BCUT2D eigenvalue weighted by atomic mass is 9.96. The second kappa shape index (κ2) is 4.51. The highest BCUT2D eigenvalue weighted by Gasteiger charge is 2.14. The molecule has 1 aromatic carbocycles. The summed E-state index contributed by atoms with van der Waals surface area (Å²) in [4.78, 5) is 10.9. The largest absolute Gasteiger partial charge is 0.478 e. The van der Waals surface area contributed by atoms with Crippen LogP contribution in [-0.2, 0) is 0 Å². The Morgan fingerprint density at radius 3 is 2.56 bits per heavy atom. The highest BCUT2D eigenvalue weighted by atomic mass is 19.1. The average molecular weight is 225 g/mol. The van der Waals surface area contributed by atoms with Crippen LogP contribution in [0.15, 0.2) is 18.2 Å². The maximum absolute atomic E-state index is 12.9. The Balaban J connectivity index is 2.91. The Morgan fingerprint density at radius 1 is 1.44 bits per heavy atom. The number of aromatic carboxylic acids is 1. The van der Waals surface area contributed by atoms with Gasteiger partial charge in [-0.25, -0.2) is 9.18 Å². The summed E-state index contributed by atoms with van der Waals surface area (Å²) in [6.07, 6.45) is 0. The van der Waals surface area contributed by atoms with Gasteiger partial charge in [-0.05, 0) is 23.6 Å². The minimum absolute atomic E-state index is 0.0319. The van der Waals surface area contributed by atoms with Crippen LogP contribution in [0.25, 0.3) is 0 Å². The van der Waals surface area contributed by atoms with Crippen LogP contribution in [0.4, 0.5) is 10.1 Å². The molecule has 0 heterocycles. The summed E-state index contributed by atoms with van der Waals surface area (Å²) in [5, 5.41) is 11.9. The van der Waals surface area contributed by atoms with Crippen molar-refractivity contribution in [2.24, 2.45) is 5.41 Å². The van der Waals surface area contributed by atoms with Gasteiger partial charge in [0, 0.05) is 12.2 Å². The fraction of sp³-hybridized carbons (Fsp3) is 0.417. The van der Waals surface area contributed by atoms with E-state index in [0.29, 0.717) is 12.2 Å². The topological polar surface area (TPSA) is 49.3 Å². The minimum atomic E-state index is -1.13. The first-order valence-electron chi connectivity index (χ1n) is 5.06. The highest BCUT2D eigenvalue weighted by molar-refractivity contribution is 5.94. The number of nitrogens with one attached hydrogen (secondary N) is 1. The second-order valence-electron chi connectivity index (χ2n) is 4.91. The van der Waals surface area contributed by atoms with Crippen molar-refractivity contribution in [2.75, 3.05) is 11.9 Å². The number of carboxylic acids is 1. The molecule has 0 aliphatic heterocycles. The fourth-order valence-corrected chi connectivity index (χ4v) is 1.21. The first kappa shape index (κ1) is 12.5. The van der Waals surface area contributed by atoms with Gasteiger partial charge in [0.05, 0.1) is 5.56 Å². The Morgan fingerprint density at radius 2 is 2.06 bits per heavy atom. The van der Waals surface area contributed by atoms with Crippen LogP contribution in [-0.4, -0.2) is 17.6 Å². The molecule has 1 rings (SSSR count). The monoisotopic (exact) mass is 225 g/mol. The van der Waals surface area contributed by atoms with E-state index in [1.165, 1.54) is 12.1 Å². The van der Waals surface area contributed by atoms with Crippen molar-refractivity contribution < 1.29 is 14.3 Å². The Labute approximate surface area is 94.3 Å². The summed E-state index contributed by atoms with van der Waals surface area (Å²) in [5.74, 6) is -1.67. The molecule has 0 aliphatic carbocycles. The lowest BCUT2D eigenvalue weighted by molar-refractivity contribution is 0.0697. The summed E-state index contributed by atoms with van der Waals surface area (Å²) in [6.45, 7) is 6.72. The molecule has 0 atom stereocenters. The Hall–Kier alpha value is -1.58. The first-order valence-corrected chi connectivity index (χ1v) is 5.06. The third kappa shape index (κ3) is 3.53. The summed E-state index contributed by atoms with van der Waals surface area (Å²) in [6, 6.07) is 3.72. The van der Waals surface area contributed by atoms with Crippen LogP contribution in [0.3, 0.4) is 0 Å². The highest BCUT2D eigenvalue weighted by Crippen LogP contribution is 2.20. The standard InChI is InChI=1S/C12H16FNO2/c1-12(2,3)7-14-10-5-4-8(13)6-9(10)11(15)16/h4-6,14H,7H2,1-3H3,(H,15,16). The molecule has 4 heteroatoms. The molecule has 0 saturated heterocycles. The maximum Gasteiger partial charge on any atom is 0.337 e. The van der Waals surface area contributed by atoms with Crippen LogP contribution < -0.4 is 5.32 Å². The Kier molecular flexibility index (Phi) is 3.52. The van der Waals surface area contributed by atoms with Gasteiger partial charge in [-0.1, -0.05) is 20.8 Å². The number of anilines is 1. The van der Waals surface area contributed by atoms with Gasteiger partial charge in [0.1, 0.15) is 5.82 Å². The third-order valence-electron chi connectivity index (χ3n) is 2.02. The van der Waals surface area contributed by atoms with Crippen molar-refractivity contribution in [1.29, 1.82) is 0 Å². The van der Waals surface area contributed by atoms with Crippen molar-refractivity contribution in [3.8, 4) is 0 Å². The van der Waals surface area contributed by atoms with E-state index in [0.717, 1.165) is 6.07 Å². The number of hydrogen-bond acceptors (Lipinski definition) is 2. The molecule has 0 spiro atoms. The van der Waals surface area contributed by atoms with Gasteiger partial charge in [-0.2, -0.15) is 0 Å². The molecule has 88 valence electrons. The van der Waals surface area contributed by atoms with Crippen LogP contribution in [0, 0.1) is 11.2 Å². The zero-order chi connectivity index (χ0) is 12.3. The van der Waals surface area contributed by atoms with E-state index in [-0.39, 0.29) is 11.0 Å². The Bertz CT molecular complexity index is 396.